The molecule has 2 aliphatic heterocycles. The van der Waals surface area contributed by atoms with Gasteiger partial charge < -0.3 is 14.2 Å². The van der Waals surface area contributed by atoms with Crippen LogP contribution in [0.4, 0.5) is 5.69 Å². The minimum absolute atomic E-state index is 0.102. The lowest BCUT2D eigenvalue weighted by molar-refractivity contribution is -0.118. The highest BCUT2D eigenvalue weighted by Crippen LogP contribution is 2.47. The largest absolute Gasteiger partial charge is 0.454 e. The van der Waals surface area contributed by atoms with E-state index in [1.165, 1.54) is 23.6 Å². The van der Waals surface area contributed by atoms with E-state index in [0.29, 0.717) is 44.2 Å². The highest BCUT2D eigenvalue weighted by molar-refractivity contribution is 9.10. The van der Waals surface area contributed by atoms with E-state index in [1.54, 1.807) is 12.1 Å². The van der Waals surface area contributed by atoms with Crippen LogP contribution in [0.3, 0.4) is 0 Å². The van der Waals surface area contributed by atoms with Crippen LogP contribution in [0.5, 0.6) is 17.4 Å². The molecule has 0 saturated heterocycles. The molecule has 0 unspecified atom stereocenters. The minimum Gasteiger partial charge on any atom is -0.454 e. The molecule has 3 aromatic rings. The normalized spacial score (nSPS) is 16.3. The molecule has 0 radical (unpaired) electrons. The Hall–Kier alpha value is -2.56. The van der Waals surface area contributed by atoms with E-state index < -0.39 is 6.23 Å². The molecule has 0 spiro atoms. The number of aromatic nitrogens is 3. The quantitative estimate of drug-likeness (QED) is 0.443. The summed E-state index contributed by atoms with van der Waals surface area (Å²) in [7, 11) is 0. The first-order valence-corrected chi connectivity index (χ1v) is 11.5. The van der Waals surface area contributed by atoms with Crippen molar-refractivity contribution in [2.24, 2.45) is 0 Å². The fourth-order valence-corrected chi connectivity index (χ4v) is 4.39. The summed E-state index contributed by atoms with van der Waals surface area (Å²) in [5.74, 6) is 1.07. The Morgan fingerprint density at radius 1 is 1.23 bits per heavy atom. The number of carbonyl (C=O) groups excluding carboxylic acids is 1. The van der Waals surface area contributed by atoms with Crippen LogP contribution in [0.15, 0.2) is 40.0 Å². The number of hydrogen-bond acceptors (Lipinski definition) is 8. The van der Waals surface area contributed by atoms with Crippen molar-refractivity contribution in [3.63, 3.8) is 0 Å². The minimum atomic E-state index is -0.910. The monoisotopic (exact) mass is 520 g/mol. The lowest BCUT2D eigenvalue weighted by Crippen LogP contribution is -2.36. The van der Waals surface area contributed by atoms with Crippen LogP contribution in [0.25, 0.3) is 11.3 Å². The van der Waals surface area contributed by atoms with Crippen molar-refractivity contribution in [1.82, 2.24) is 15.2 Å². The van der Waals surface area contributed by atoms with Crippen molar-refractivity contribution >= 4 is 50.9 Å². The number of thioether (sulfide) groups is 1. The van der Waals surface area contributed by atoms with Gasteiger partial charge in [0.15, 0.2) is 17.2 Å². The number of ether oxygens (including phenoxy) is 3. The molecule has 11 heteroatoms. The summed E-state index contributed by atoms with van der Waals surface area (Å²) in [6.45, 7) is 1.57. The van der Waals surface area contributed by atoms with Gasteiger partial charge >= 0.3 is 0 Å². The number of anilines is 1. The zero-order valence-corrected chi connectivity index (χ0v) is 19.4. The molecule has 5 rings (SSSR count). The van der Waals surface area contributed by atoms with Gasteiger partial charge in [0.25, 0.3) is 0 Å². The van der Waals surface area contributed by atoms with Crippen LogP contribution in [0, 0.1) is 0 Å². The Morgan fingerprint density at radius 2 is 2.00 bits per heavy atom. The van der Waals surface area contributed by atoms with E-state index >= 15 is 0 Å². The lowest BCUT2D eigenvalue weighted by Gasteiger charge is -2.30. The van der Waals surface area contributed by atoms with Crippen molar-refractivity contribution in [2.75, 3.05) is 17.9 Å². The molecule has 31 heavy (non-hydrogen) atoms. The summed E-state index contributed by atoms with van der Waals surface area (Å²) in [5.41, 5.74) is 2.22. The zero-order chi connectivity index (χ0) is 21.7. The van der Waals surface area contributed by atoms with Gasteiger partial charge in [-0.25, -0.2) is 0 Å². The summed E-state index contributed by atoms with van der Waals surface area (Å²) in [6, 6.07) is 8.89. The summed E-state index contributed by atoms with van der Waals surface area (Å²) < 4.78 is 18.0. The molecule has 0 saturated carbocycles. The number of carbonyl (C=O) groups is 1. The predicted molar refractivity (Wildman–Crippen MR) is 119 cm³/mol. The molecule has 8 nitrogen and oxygen atoms in total. The van der Waals surface area contributed by atoms with Gasteiger partial charge in [-0.1, -0.05) is 39.3 Å². The molecule has 2 aromatic carbocycles. The third kappa shape index (κ3) is 3.48. The van der Waals surface area contributed by atoms with Gasteiger partial charge in [-0.15, -0.1) is 10.2 Å². The molecule has 0 N–H and O–H groups in total. The van der Waals surface area contributed by atoms with Crippen LogP contribution in [-0.4, -0.2) is 34.1 Å². The Labute approximate surface area is 195 Å². The summed E-state index contributed by atoms with van der Waals surface area (Å²) in [6.07, 6.45) is 0.936. The summed E-state index contributed by atoms with van der Waals surface area (Å²) in [5, 5.41) is 9.31. The van der Waals surface area contributed by atoms with Crippen molar-refractivity contribution in [3.8, 4) is 28.6 Å². The van der Waals surface area contributed by atoms with Gasteiger partial charge in [0, 0.05) is 28.6 Å². The molecule has 2 aliphatic rings. The number of halogens is 2. The van der Waals surface area contributed by atoms with Crippen LogP contribution < -0.4 is 19.1 Å². The third-order valence-electron chi connectivity index (χ3n) is 4.85. The topological polar surface area (TPSA) is 86.7 Å². The maximum Gasteiger partial charge on any atom is 0.247 e. The SMILES string of the molecule is CSc1nnc2c(n1)O[C@@H](c1cc3c(cc1Cl)OCO3)N(C(C)=O)c1ccc(Br)cc1-2. The average molecular weight is 522 g/mol. The number of nitrogens with zero attached hydrogens (tertiary/aromatic N) is 4. The Kier molecular flexibility index (Phi) is 5.15. The van der Waals surface area contributed by atoms with E-state index in [9.17, 15) is 4.79 Å². The van der Waals surface area contributed by atoms with Crippen LogP contribution in [0.1, 0.15) is 18.7 Å². The van der Waals surface area contributed by atoms with Crippen LogP contribution in [-0.2, 0) is 4.79 Å². The first kappa shape index (κ1) is 20.3. The highest BCUT2D eigenvalue weighted by Gasteiger charge is 2.36. The number of fused-ring (bicyclic) bond motifs is 4. The molecule has 1 atom stereocenters. The van der Waals surface area contributed by atoms with Gasteiger partial charge in [-0.3, -0.25) is 9.69 Å². The predicted octanol–water partition coefficient (Wildman–Crippen LogP) is 4.85. The lowest BCUT2D eigenvalue weighted by atomic mass is 10.1. The third-order valence-corrected chi connectivity index (χ3v) is 6.20. The molecular weight excluding hydrogens is 508 g/mol. The van der Waals surface area contributed by atoms with Crippen molar-refractivity contribution in [1.29, 1.82) is 0 Å². The number of amides is 1. The van der Waals surface area contributed by atoms with E-state index in [1.807, 2.05) is 24.5 Å². The van der Waals surface area contributed by atoms with Gasteiger partial charge in [-0.05, 0) is 30.5 Å². The van der Waals surface area contributed by atoms with Gasteiger partial charge in [0.05, 0.1) is 10.7 Å². The number of benzene rings is 2. The van der Waals surface area contributed by atoms with E-state index in [4.69, 9.17) is 25.8 Å². The van der Waals surface area contributed by atoms with Crippen LogP contribution >= 0.6 is 39.3 Å². The molecule has 158 valence electrons. The maximum atomic E-state index is 12.9. The zero-order valence-electron chi connectivity index (χ0n) is 16.3. The van der Waals surface area contributed by atoms with E-state index in [0.717, 1.165) is 4.47 Å². The van der Waals surface area contributed by atoms with E-state index in [-0.39, 0.29) is 18.6 Å². The standard InChI is InChI=1S/C20H14BrClN4O4S/c1-9(27)26-14-4-3-10(21)5-12(14)17-18(23-20(31-2)25-24-17)30-19(26)11-6-15-16(7-13(11)22)29-8-28-15/h3-7,19H,8H2,1-2H3/t19-/m0/s1. The Morgan fingerprint density at radius 3 is 2.74 bits per heavy atom. The van der Waals surface area contributed by atoms with Gasteiger partial charge in [-0.2, -0.15) is 4.98 Å². The number of hydrogen-bond donors (Lipinski definition) is 0. The first-order chi connectivity index (χ1) is 15.0. The molecular formula is C20H14BrClN4O4S. The molecule has 1 aromatic heterocycles. The number of rotatable bonds is 2. The second kappa shape index (κ2) is 7.85. The van der Waals surface area contributed by atoms with Crippen molar-refractivity contribution < 1.29 is 19.0 Å². The Bertz CT molecular complexity index is 1230. The first-order valence-electron chi connectivity index (χ1n) is 9.10. The second-order valence-corrected chi connectivity index (χ2v) is 8.80. The Balaban J connectivity index is 1.77. The average Bonchev–Trinajstić information content (AvgIpc) is 3.14. The second-order valence-electron chi connectivity index (χ2n) is 6.70. The van der Waals surface area contributed by atoms with Crippen molar-refractivity contribution in [2.45, 2.75) is 18.3 Å². The molecule has 0 bridgehead atoms. The smallest absolute Gasteiger partial charge is 0.247 e. The van der Waals surface area contributed by atoms with Crippen LogP contribution in [0.2, 0.25) is 5.02 Å². The maximum absolute atomic E-state index is 12.9. The fraction of sp³-hybridized carbons (Fsp3) is 0.200. The van der Waals surface area contributed by atoms with Gasteiger partial charge in [0.1, 0.15) is 0 Å². The summed E-state index contributed by atoms with van der Waals surface area (Å²) in [4.78, 5) is 18.9. The van der Waals surface area contributed by atoms with E-state index in [2.05, 4.69) is 31.1 Å². The molecule has 3 heterocycles. The summed E-state index contributed by atoms with van der Waals surface area (Å²) >= 11 is 11.4. The fourth-order valence-electron chi connectivity index (χ4n) is 3.49. The van der Waals surface area contributed by atoms with Gasteiger partial charge in [0.2, 0.25) is 30.0 Å². The van der Waals surface area contributed by atoms with Crippen molar-refractivity contribution in [3.05, 3.63) is 45.4 Å². The highest BCUT2D eigenvalue weighted by atomic mass is 79.9. The molecule has 0 fully saturated rings. The molecule has 0 aliphatic carbocycles. The molecule has 1 amide bonds.